The van der Waals surface area contributed by atoms with Gasteiger partial charge in [-0.05, 0) is 35.6 Å². The Morgan fingerprint density at radius 3 is 2.46 bits per heavy atom. The van der Waals surface area contributed by atoms with Gasteiger partial charge >= 0.3 is 5.97 Å². The van der Waals surface area contributed by atoms with E-state index in [1.807, 2.05) is 44.2 Å². The highest BCUT2D eigenvalue weighted by Gasteiger charge is 2.27. The summed E-state index contributed by atoms with van der Waals surface area (Å²) in [6, 6.07) is 13.0. The maximum absolute atomic E-state index is 12.7. The van der Waals surface area contributed by atoms with Gasteiger partial charge in [-0.1, -0.05) is 62.7 Å². The van der Waals surface area contributed by atoms with E-state index in [1.54, 1.807) is 18.3 Å². The predicted octanol–water partition coefficient (Wildman–Crippen LogP) is 5.55. The molecule has 0 aliphatic rings. The summed E-state index contributed by atoms with van der Waals surface area (Å²) in [5.74, 6) is -1.03. The summed E-state index contributed by atoms with van der Waals surface area (Å²) in [4.78, 5) is 28.6. The molecule has 0 aliphatic heterocycles. The number of fused-ring (bicyclic) bond motifs is 1. The number of benzene rings is 2. The second kappa shape index (κ2) is 8.61. The third-order valence-corrected chi connectivity index (χ3v) is 5.23. The van der Waals surface area contributed by atoms with Gasteiger partial charge in [-0.2, -0.15) is 0 Å². The highest BCUT2D eigenvalue weighted by atomic mass is 35.5. The molecule has 1 atom stereocenters. The summed E-state index contributed by atoms with van der Waals surface area (Å²) in [5.41, 5.74) is 3.49. The number of aromatic amines is 1. The van der Waals surface area contributed by atoms with Gasteiger partial charge < -0.3 is 9.72 Å². The Labute approximate surface area is 169 Å². The van der Waals surface area contributed by atoms with Crippen molar-refractivity contribution in [3.8, 4) is 0 Å². The maximum Gasteiger partial charge on any atom is 0.314 e. The molecule has 4 nitrogen and oxygen atoms in total. The van der Waals surface area contributed by atoms with Crippen LogP contribution in [0.2, 0.25) is 5.02 Å². The van der Waals surface area contributed by atoms with Crippen molar-refractivity contribution in [1.29, 1.82) is 0 Å². The third-order valence-electron chi connectivity index (χ3n) is 4.98. The number of esters is 1. The Hall–Kier alpha value is -2.59. The van der Waals surface area contributed by atoms with E-state index in [9.17, 15) is 9.59 Å². The Bertz CT molecular complexity index is 989. The zero-order valence-electron chi connectivity index (χ0n) is 16.3. The summed E-state index contributed by atoms with van der Waals surface area (Å²) in [6.45, 7) is 5.70. The van der Waals surface area contributed by atoms with Gasteiger partial charge in [-0.25, -0.2) is 0 Å². The van der Waals surface area contributed by atoms with Crippen LogP contribution in [-0.4, -0.2) is 23.3 Å². The van der Waals surface area contributed by atoms with Crippen LogP contribution < -0.4 is 0 Å². The van der Waals surface area contributed by atoms with Gasteiger partial charge in [0.1, 0.15) is 0 Å². The smallest absolute Gasteiger partial charge is 0.314 e. The molecule has 5 heteroatoms. The Morgan fingerprint density at radius 1 is 1.11 bits per heavy atom. The first-order chi connectivity index (χ1) is 13.4. The quantitative estimate of drug-likeness (QED) is 0.420. The van der Waals surface area contributed by atoms with Gasteiger partial charge in [0, 0.05) is 27.7 Å². The van der Waals surface area contributed by atoms with E-state index in [2.05, 4.69) is 11.9 Å². The molecule has 0 radical (unpaired) electrons. The summed E-state index contributed by atoms with van der Waals surface area (Å²) in [7, 11) is 0. The predicted molar refractivity (Wildman–Crippen MR) is 112 cm³/mol. The van der Waals surface area contributed by atoms with E-state index in [1.165, 1.54) is 0 Å². The SMILES string of the molecule is CCc1cccc2c(C(=O)COC(=O)[C@H](c3ccc(Cl)cc3)C(C)C)c[nH]c12. The monoisotopic (exact) mass is 397 g/mol. The van der Waals surface area contributed by atoms with E-state index >= 15 is 0 Å². The topological polar surface area (TPSA) is 59.2 Å². The molecule has 3 aromatic rings. The summed E-state index contributed by atoms with van der Waals surface area (Å²) in [5, 5.41) is 1.47. The fraction of sp³-hybridized carbons (Fsp3) is 0.304. The maximum atomic E-state index is 12.7. The average molecular weight is 398 g/mol. The Kier molecular flexibility index (Phi) is 6.20. The van der Waals surface area contributed by atoms with Crippen molar-refractivity contribution in [3.63, 3.8) is 0 Å². The van der Waals surface area contributed by atoms with Crippen LogP contribution in [0, 0.1) is 5.92 Å². The molecular weight excluding hydrogens is 374 g/mol. The van der Waals surface area contributed by atoms with Gasteiger partial charge in [0.15, 0.2) is 6.61 Å². The lowest BCUT2D eigenvalue weighted by Crippen LogP contribution is -2.23. The fourth-order valence-corrected chi connectivity index (χ4v) is 3.64. The first-order valence-corrected chi connectivity index (χ1v) is 9.84. The molecule has 0 fully saturated rings. The normalized spacial score (nSPS) is 12.3. The number of hydrogen-bond donors (Lipinski definition) is 1. The van der Waals surface area contributed by atoms with E-state index < -0.39 is 11.9 Å². The van der Waals surface area contributed by atoms with Crippen LogP contribution in [0.1, 0.15) is 48.2 Å². The third kappa shape index (κ3) is 4.12. The van der Waals surface area contributed by atoms with E-state index in [-0.39, 0.29) is 18.3 Å². The fourth-order valence-electron chi connectivity index (χ4n) is 3.51. The standard InChI is InChI=1S/C23H24ClNO3/c1-4-15-6-5-7-18-19(12-25-22(15)18)20(26)13-28-23(27)21(14(2)3)16-8-10-17(24)11-9-16/h5-12,14,21,25H,4,13H2,1-3H3/t21-/m0/s1. The zero-order chi connectivity index (χ0) is 20.3. The van der Waals surface area contributed by atoms with E-state index in [0.717, 1.165) is 28.5 Å². The molecule has 0 unspecified atom stereocenters. The Morgan fingerprint density at radius 2 is 1.82 bits per heavy atom. The van der Waals surface area contributed by atoms with Crippen molar-refractivity contribution in [1.82, 2.24) is 4.98 Å². The number of hydrogen-bond acceptors (Lipinski definition) is 3. The minimum atomic E-state index is -0.445. The zero-order valence-corrected chi connectivity index (χ0v) is 17.0. The number of halogens is 1. The van der Waals surface area contributed by atoms with Crippen LogP contribution in [0.5, 0.6) is 0 Å². The molecule has 146 valence electrons. The van der Waals surface area contributed by atoms with Gasteiger partial charge in [0.25, 0.3) is 0 Å². The lowest BCUT2D eigenvalue weighted by Gasteiger charge is -2.19. The molecule has 28 heavy (non-hydrogen) atoms. The highest BCUT2D eigenvalue weighted by molar-refractivity contribution is 6.30. The van der Waals surface area contributed by atoms with Crippen molar-refractivity contribution in [2.45, 2.75) is 33.1 Å². The Balaban J connectivity index is 1.74. The molecular formula is C23H24ClNO3. The average Bonchev–Trinajstić information content (AvgIpc) is 3.12. The highest BCUT2D eigenvalue weighted by Crippen LogP contribution is 2.28. The number of carbonyl (C=O) groups is 2. The van der Waals surface area contributed by atoms with Gasteiger partial charge in [0.2, 0.25) is 5.78 Å². The molecule has 0 bridgehead atoms. The molecule has 0 aliphatic carbocycles. The second-order valence-corrected chi connectivity index (χ2v) is 7.64. The van der Waals surface area contributed by atoms with Gasteiger partial charge in [-0.15, -0.1) is 0 Å². The largest absolute Gasteiger partial charge is 0.457 e. The van der Waals surface area contributed by atoms with Crippen molar-refractivity contribution in [2.75, 3.05) is 6.61 Å². The summed E-state index contributed by atoms with van der Waals surface area (Å²) in [6.07, 6.45) is 2.57. The lowest BCUT2D eigenvalue weighted by atomic mass is 9.88. The number of ether oxygens (including phenoxy) is 1. The molecule has 0 saturated heterocycles. The first-order valence-electron chi connectivity index (χ1n) is 9.46. The number of H-pyrrole nitrogens is 1. The number of rotatable bonds is 7. The molecule has 0 amide bonds. The summed E-state index contributed by atoms with van der Waals surface area (Å²) < 4.78 is 5.41. The molecule has 1 aromatic heterocycles. The van der Waals surface area contributed by atoms with Crippen LogP contribution >= 0.6 is 11.6 Å². The lowest BCUT2D eigenvalue weighted by molar-refractivity contribution is -0.145. The number of aryl methyl sites for hydroxylation is 1. The van der Waals surface area contributed by atoms with Crippen LogP contribution in [0.4, 0.5) is 0 Å². The number of Topliss-reactive ketones (excluding diaryl/α,β-unsaturated/α-hetero) is 1. The van der Waals surface area contributed by atoms with Crippen molar-refractivity contribution < 1.29 is 14.3 Å². The number of ketones is 1. The second-order valence-electron chi connectivity index (χ2n) is 7.20. The number of carbonyl (C=O) groups excluding carboxylic acids is 2. The minimum Gasteiger partial charge on any atom is -0.457 e. The molecule has 1 heterocycles. The summed E-state index contributed by atoms with van der Waals surface area (Å²) >= 11 is 5.94. The molecule has 0 spiro atoms. The molecule has 2 aromatic carbocycles. The minimum absolute atomic E-state index is 0.0315. The first kappa shape index (κ1) is 20.2. The number of para-hydroxylation sites is 1. The van der Waals surface area contributed by atoms with Gasteiger partial charge in [0.05, 0.1) is 5.92 Å². The van der Waals surface area contributed by atoms with E-state index in [4.69, 9.17) is 16.3 Å². The van der Waals surface area contributed by atoms with Gasteiger partial charge in [-0.3, -0.25) is 9.59 Å². The van der Waals surface area contributed by atoms with Crippen molar-refractivity contribution in [3.05, 3.63) is 70.4 Å². The number of aromatic nitrogens is 1. The molecule has 0 saturated carbocycles. The van der Waals surface area contributed by atoms with E-state index in [0.29, 0.717) is 10.6 Å². The van der Waals surface area contributed by atoms with Crippen LogP contribution in [0.25, 0.3) is 10.9 Å². The molecule has 3 rings (SSSR count). The molecule has 1 N–H and O–H groups in total. The van der Waals surface area contributed by atoms with Crippen LogP contribution in [-0.2, 0) is 16.0 Å². The van der Waals surface area contributed by atoms with Crippen molar-refractivity contribution >= 4 is 34.3 Å². The van der Waals surface area contributed by atoms with Crippen molar-refractivity contribution in [2.24, 2.45) is 5.92 Å². The van der Waals surface area contributed by atoms with Crippen LogP contribution in [0.3, 0.4) is 0 Å². The van der Waals surface area contributed by atoms with Crippen LogP contribution in [0.15, 0.2) is 48.7 Å². The number of nitrogens with one attached hydrogen (secondary N) is 1.